The fraction of sp³-hybridized carbons (Fsp3) is 0.321. The average molecular weight is 515 g/mol. The van der Waals surface area contributed by atoms with Crippen LogP contribution in [0.3, 0.4) is 0 Å². The van der Waals surface area contributed by atoms with Crippen LogP contribution in [0.15, 0.2) is 48.9 Å². The summed E-state index contributed by atoms with van der Waals surface area (Å²) >= 11 is 0. The fourth-order valence-electron chi connectivity index (χ4n) is 4.20. The van der Waals surface area contributed by atoms with Crippen LogP contribution in [-0.4, -0.2) is 63.7 Å². The standard InChI is InChI=1S/C28H34N8O2/c1-8-24(37)21-15-29-25(36(6)28-18(2)12-13-19(31-28)16-34(3)4)14-23(21)32-22-11-9-10-20(26(22)38-7)27-30-17-35(5)33-27/h9-15,17H,8,16H2,1-7H3,(H,29,32). The summed E-state index contributed by atoms with van der Waals surface area (Å²) in [4.78, 5) is 30.7. The van der Waals surface area contributed by atoms with Gasteiger partial charge in [-0.3, -0.25) is 9.48 Å². The number of nitrogens with zero attached hydrogens (tertiary/aromatic N) is 7. The number of nitrogens with one attached hydrogen (secondary N) is 1. The number of anilines is 4. The molecule has 0 aliphatic heterocycles. The number of aryl methyl sites for hydroxylation is 2. The summed E-state index contributed by atoms with van der Waals surface area (Å²) in [5, 5.41) is 7.84. The molecule has 3 heterocycles. The molecule has 0 spiro atoms. The molecule has 4 rings (SSSR count). The van der Waals surface area contributed by atoms with Crippen molar-refractivity contribution in [1.29, 1.82) is 0 Å². The van der Waals surface area contributed by atoms with Crippen molar-refractivity contribution >= 4 is 28.8 Å². The van der Waals surface area contributed by atoms with Gasteiger partial charge in [-0.25, -0.2) is 15.0 Å². The Morgan fingerprint density at radius 2 is 1.89 bits per heavy atom. The van der Waals surface area contributed by atoms with Crippen LogP contribution in [-0.2, 0) is 13.6 Å². The van der Waals surface area contributed by atoms with Crippen LogP contribution in [0.4, 0.5) is 23.0 Å². The maximum Gasteiger partial charge on any atom is 0.184 e. The van der Waals surface area contributed by atoms with Crippen LogP contribution in [0.1, 0.15) is 35.0 Å². The minimum absolute atomic E-state index is 0.0157. The monoisotopic (exact) mass is 514 g/mol. The van der Waals surface area contributed by atoms with E-state index in [0.29, 0.717) is 40.8 Å². The van der Waals surface area contributed by atoms with Crippen LogP contribution < -0.4 is 15.0 Å². The van der Waals surface area contributed by atoms with Crippen molar-refractivity contribution in [3.8, 4) is 17.1 Å². The second-order valence-corrected chi connectivity index (χ2v) is 9.36. The molecule has 0 aliphatic rings. The Hall–Kier alpha value is -4.31. The fourth-order valence-corrected chi connectivity index (χ4v) is 4.20. The van der Waals surface area contributed by atoms with Gasteiger partial charge in [0.2, 0.25) is 0 Å². The van der Waals surface area contributed by atoms with Gasteiger partial charge in [0, 0.05) is 39.3 Å². The number of carbonyl (C=O) groups excluding carboxylic acids is 1. The van der Waals surface area contributed by atoms with Crippen LogP contribution in [0.2, 0.25) is 0 Å². The first-order chi connectivity index (χ1) is 18.2. The molecule has 0 atom stereocenters. The van der Waals surface area contributed by atoms with Crippen LogP contribution in [0, 0.1) is 6.92 Å². The van der Waals surface area contributed by atoms with Gasteiger partial charge >= 0.3 is 0 Å². The van der Waals surface area contributed by atoms with Gasteiger partial charge in [0.25, 0.3) is 0 Å². The number of ether oxygens (including phenoxy) is 1. The molecular weight excluding hydrogens is 480 g/mol. The summed E-state index contributed by atoms with van der Waals surface area (Å²) in [7, 11) is 9.37. The molecule has 10 nitrogen and oxygen atoms in total. The normalized spacial score (nSPS) is 11.1. The number of hydrogen-bond donors (Lipinski definition) is 1. The number of para-hydroxylation sites is 1. The van der Waals surface area contributed by atoms with Gasteiger partial charge in [-0.2, -0.15) is 5.10 Å². The zero-order valence-corrected chi connectivity index (χ0v) is 23.0. The molecule has 0 saturated heterocycles. The highest BCUT2D eigenvalue weighted by Crippen LogP contribution is 2.38. The van der Waals surface area contributed by atoms with Gasteiger partial charge in [-0.1, -0.05) is 19.1 Å². The molecule has 1 N–H and O–H groups in total. The molecule has 0 aliphatic carbocycles. The van der Waals surface area contributed by atoms with Gasteiger partial charge < -0.3 is 19.9 Å². The van der Waals surface area contributed by atoms with Crippen molar-refractivity contribution < 1.29 is 9.53 Å². The summed E-state index contributed by atoms with van der Waals surface area (Å²) < 4.78 is 7.41. The number of aromatic nitrogens is 5. The summed E-state index contributed by atoms with van der Waals surface area (Å²) in [6, 6.07) is 11.7. The molecule has 0 bridgehead atoms. The van der Waals surface area contributed by atoms with Crippen molar-refractivity contribution in [2.24, 2.45) is 7.05 Å². The Kier molecular flexibility index (Phi) is 8.02. The van der Waals surface area contributed by atoms with E-state index in [1.807, 2.05) is 77.3 Å². The van der Waals surface area contributed by atoms with Gasteiger partial charge in [0.05, 0.1) is 35.3 Å². The molecule has 0 radical (unpaired) electrons. The van der Waals surface area contributed by atoms with E-state index >= 15 is 0 Å². The number of carbonyl (C=O) groups is 1. The molecule has 0 amide bonds. The van der Waals surface area contributed by atoms with E-state index in [4.69, 9.17) is 9.72 Å². The Bertz CT molecular complexity index is 1450. The van der Waals surface area contributed by atoms with Gasteiger partial charge in [-0.15, -0.1) is 0 Å². The van der Waals surface area contributed by atoms with Crippen LogP contribution in [0.25, 0.3) is 11.4 Å². The number of Topliss-reactive ketones (excluding diaryl/α,β-unsaturated/α-hetero) is 1. The van der Waals surface area contributed by atoms with E-state index in [1.165, 1.54) is 0 Å². The first-order valence-corrected chi connectivity index (χ1v) is 12.4. The molecule has 0 fully saturated rings. The van der Waals surface area contributed by atoms with E-state index in [-0.39, 0.29) is 5.78 Å². The highest BCUT2D eigenvalue weighted by Gasteiger charge is 2.19. The number of methoxy groups -OCH3 is 1. The molecule has 198 valence electrons. The van der Waals surface area contributed by atoms with Crippen molar-refractivity contribution in [1.82, 2.24) is 29.6 Å². The molecular formula is C28H34N8O2. The lowest BCUT2D eigenvalue weighted by Crippen LogP contribution is -2.18. The number of ketones is 1. The van der Waals surface area contributed by atoms with Gasteiger partial charge in [0.15, 0.2) is 17.4 Å². The molecule has 1 aromatic carbocycles. The third-order valence-electron chi connectivity index (χ3n) is 6.11. The molecule has 38 heavy (non-hydrogen) atoms. The summed E-state index contributed by atoms with van der Waals surface area (Å²) in [5.41, 5.74) is 4.54. The highest BCUT2D eigenvalue weighted by molar-refractivity contribution is 6.02. The minimum atomic E-state index is -0.0157. The Morgan fingerprint density at radius 3 is 2.55 bits per heavy atom. The average Bonchev–Trinajstić information content (AvgIpc) is 3.34. The largest absolute Gasteiger partial charge is 0.494 e. The predicted molar refractivity (Wildman–Crippen MR) is 150 cm³/mol. The summed E-state index contributed by atoms with van der Waals surface area (Å²) in [6.45, 7) is 4.59. The maximum absolute atomic E-state index is 12.9. The Labute approximate surface area is 223 Å². The maximum atomic E-state index is 12.9. The first-order valence-electron chi connectivity index (χ1n) is 12.4. The molecule has 4 aromatic rings. The van der Waals surface area contributed by atoms with E-state index in [0.717, 1.165) is 29.2 Å². The predicted octanol–water partition coefficient (Wildman–Crippen LogP) is 4.75. The topological polar surface area (TPSA) is 101 Å². The second kappa shape index (κ2) is 11.4. The van der Waals surface area contributed by atoms with Crippen LogP contribution in [0.5, 0.6) is 5.75 Å². The van der Waals surface area contributed by atoms with Gasteiger partial charge in [-0.05, 0) is 44.8 Å². The minimum Gasteiger partial charge on any atom is -0.494 e. The molecule has 3 aromatic heterocycles. The van der Waals surface area contributed by atoms with E-state index in [9.17, 15) is 4.79 Å². The van der Waals surface area contributed by atoms with E-state index in [1.54, 1.807) is 24.3 Å². The first kappa shape index (κ1) is 26.7. The lowest BCUT2D eigenvalue weighted by molar-refractivity contribution is 0.0988. The number of benzene rings is 1. The second-order valence-electron chi connectivity index (χ2n) is 9.36. The SMILES string of the molecule is CCC(=O)c1cnc(N(C)c2nc(CN(C)C)ccc2C)cc1Nc1cccc(-c2ncn(C)n2)c1OC. The van der Waals surface area contributed by atoms with E-state index in [2.05, 4.69) is 31.3 Å². The number of rotatable bonds is 10. The van der Waals surface area contributed by atoms with Crippen LogP contribution >= 0.6 is 0 Å². The van der Waals surface area contributed by atoms with Crippen molar-refractivity contribution in [2.75, 3.05) is 38.5 Å². The highest BCUT2D eigenvalue weighted by atomic mass is 16.5. The third-order valence-corrected chi connectivity index (χ3v) is 6.11. The summed E-state index contributed by atoms with van der Waals surface area (Å²) in [5.74, 6) is 2.57. The van der Waals surface area contributed by atoms with E-state index < -0.39 is 0 Å². The molecule has 0 saturated carbocycles. The smallest absolute Gasteiger partial charge is 0.184 e. The quantitative estimate of drug-likeness (QED) is 0.300. The lowest BCUT2D eigenvalue weighted by atomic mass is 10.1. The number of pyridine rings is 2. The molecule has 10 heteroatoms. The zero-order valence-electron chi connectivity index (χ0n) is 23.0. The van der Waals surface area contributed by atoms with Gasteiger partial charge in [0.1, 0.15) is 18.0 Å². The molecule has 0 unspecified atom stereocenters. The Morgan fingerprint density at radius 1 is 1.11 bits per heavy atom. The lowest BCUT2D eigenvalue weighted by Gasteiger charge is -2.23. The Balaban J connectivity index is 1.76. The summed E-state index contributed by atoms with van der Waals surface area (Å²) in [6.07, 6.45) is 3.62. The number of hydrogen-bond acceptors (Lipinski definition) is 9. The van der Waals surface area contributed by atoms with Crippen molar-refractivity contribution in [3.63, 3.8) is 0 Å². The zero-order chi connectivity index (χ0) is 27.4. The van der Waals surface area contributed by atoms with Crippen molar-refractivity contribution in [2.45, 2.75) is 26.8 Å². The third kappa shape index (κ3) is 5.65. The van der Waals surface area contributed by atoms with Crippen molar-refractivity contribution in [3.05, 3.63) is 65.7 Å².